The van der Waals surface area contributed by atoms with E-state index in [4.69, 9.17) is 0 Å². The van der Waals surface area contributed by atoms with E-state index in [1.165, 1.54) is 5.56 Å². The molecule has 0 radical (unpaired) electrons. The summed E-state index contributed by atoms with van der Waals surface area (Å²) in [4.78, 5) is 0. The minimum atomic E-state index is -0.207. The summed E-state index contributed by atoms with van der Waals surface area (Å²) in [5.41, 5.74) is 4.04. The van der Waals surface area contributed by atoms with E-state index in [1.807, 2.05) is 25.1 Å². The van der Waals surface area contributed by atoms with Gasteiger partial charge >= 0.3 is 0 Å². The van der Waals surface area contributed by atoms with Crippen molar-refractivity contribution in [2.24, 2.45) is 0 Å². The molecule has 1 aromatic carbocycles. The van der Waals surface area contributed by atoms with E-state index in [1.54, 1.807) is 0 Å². The van der Waals surface area contributed by atoms with Gasteiger partial charge in [-0.3, -0.25) is 0 Å². The average molecular weight is 308 g/mol. The molecular weight excluding hydrogens is 284 g/mol. The Hall–Kier alpha value is -2.26. The maximum absolute atomic E-state index is 9.21. The monoisotopic (exact) mass is 308 g/mol. The molecule has 1 unspecified atom stereocenters. The van der Waals surface area contributed by atoms with Crippen LogP contribution in [0, 0.1) is 0 Å². The molecule has 2 aromatic rings. The van der Waals surface area contributed by atoms with Crippen molar-refractivity contribution in [1.29, 1.82) is 0 Å². The molecule has 120 valence electrons. The molecule has 0 spiro atoms. The molecule has 23 heavy (non-hydrogen) atoms. The topological polar surface area (TPSA) is 46.0 Å². The van der Waals surface area contributed by atoms with Crippen LogP contribution in [0.15, 0.2) is 55.1 Å². The number of benzene rings is 1. The van der Waals surface area contributed by atoms with Gasteiger partial charge in [-0.2, -0.15) is 10.2 Å². The van der Waals surface area contributed by atoms with Crippen LogP contribution in [-0.4, -0.2) is 21.4 Å². The SMILES string of the molecule is C=CCc1ccc(-c2ccc(C=CCCCC(C)O)cc2)nn1. The van der Waals surface area contributed by atoms with Gasteiger partial charge in [-0.05, 0) is 43.9 Å². The Kier molecular flexibility index (Phi) is 6.70. The van der Waals surface area contributed by atoms with E-state index in [2.05, 4.69) is 53.2 Å². The number of rotatable bonds is 8. The third-order valence-corrected chi connectivity index (χ3v) is 3.58. The smallest absolute Gasteiger partial charge is 0.0929 e. The number of allylic oxidation sites excluding steroid dienone is 2. The lowest BCUT2D eigenvalue weighted by Crippen LogP contribution is -1.97. The highest BCUT2D eigenvalue weighted by Crippen LogP contribution is 2.18. The number of aromatic nitrogens is 2. The maximum atomic E-state index is 9.21. The summed E-state index contributed by atoms with van der Waals surface area (Å²) in [6, 6.07) is 12.3. The van der Waals surface area contributed by atoms with Crippen molar-refractivity contribution < 1.29 is 5.11 Å². The first kappa shape index (κ1) is 17.1. The lowest BCUT2D eigenvalue weighted by Gasteiger charge is -2.02. The summed E-state index contributed by atoms with van der Waals surface area (Å²) in [6.07, 6.45) is 9.48. The number of unbranched alkanes of at least 4 members (excludes halogenated alkanes) is 1. The fourth-order valence-electron chi connectivity index (χ4n) is 2.29. The van der Waals surface area contributed by atoms with Gasteiger partial charge in [0.05, 0.1) is 17.5 Å². The normalized spacial score (nSPS) is 12.4. The van der Waals surface area contributed by atoms with E-state index in [0.717, 1.165) is 42.6 Å². The van der Waals surface area contributed by atoms with Gasteiger partial charge in [-0.25, -0.2) is 0 Å². The summed E-state index contributed by atoms with van der Waals surface area (Å²) < 4.78 is 0. The van der Waals surface area contributed by atoms with Crippen LogP contribution in [0.3, 0.4) is 0 Å². The standard InChI is InChI=1S/C20H24N2O/c1-3-7-19-14-15-20(22-21-19)18-12-10-17(11-13-18)9-6-4-5-8-16(2)23/h3,6,9-16,23H,1,4-5,7-8H2,2H3. The van der Waals surface area contributed by atoms with Crippen LogP contribution >= 0.6 is 0 Å². The Bertz CT molecular complexity index is 628. The second-order valence-electron chi connectivity index (χ2n) is 5.71. The highest BCUT2D eigenvalue weighted by Gasteiger charge is 2.00. The van der Waals surface area contributed by atoms with Crippen LogP contribution in [0.25, 0.3) is 17.3 Å². The summed E-state index contributed by atoms with van der Waals surface area (Å²) in [6.45, 7) is 5.53. The van der Waals surface area contributed by atoms with Crippen molar-refractivity contribution in [2.45, 2.75) is 38.7 Å². The highest BCUT2D eigenvalue weighted by atomic mass is 16.3. The second kappa shape index (κ2) is 9.01. The summed E-state index contributed by atoms with van der Waals surface area (Å²) in [5.74, 6) is 0. The van der Waals surface area contributed by atoms with Gasteiger partial charge in [-0.15, -0.1) is 6.58 Å². The predicted molar refractivity (Wildman–Crippen MR) is 95.9 cm³/mol. The van der Waals surface area contributed by atoms with Crippen LogP contribution in [0.4, 0.5) is 0 Å². The lowest BCUT2D eigenvalue weighted by atomic mass is 10.1. The average Bonchev–Trinajstić information content (AvgIpc) is 2.56. The first-order valence-electron chi connectivity index (χ1n) is 8.07. The van der Waals surface area contributed by atoms with E-state index in [-0.39, 0.29) is 6.10 Å². The molecule has 1 aromatic heterocycles. The molecule has 0 aliphatic heterocycles. The summed E-state index contributed by atoms with van der Waals surface area (Å²) >= 11 is 0. The van der Waals surface area contributed by atoms with Crippen molar-refractivity contribution in [1.82, 2.24) is 10.2 Å². The van der Waals surface area contributed by atoms with Crippen LogP contribution in [-0.2, 0) is 6.42 Å². The predicted octanol–water partition coefficient (Wildman–Crippen LogP) is 4.44. The van der Waals surface area contributed by atoms with Crippen LogP contribution < -0.4 is 0 Å². The Balaban J connectivity index is 1.93. The number of aliphatic hydroxyl groups excluding tert-OH is 1. The van der Waals surface area contributed by atoms with Crippen molar-refractivity contribution in [3.63, 3.8) is 0 Å². The van der Waals surface area contributed by atoms with Gasteiger partial charge < -0.3 is 5.11 Å². The van der Waals surface area contributed by atoms with E-state index in [9.17, 15) is 5.11 Å². The zero-order valence-electron chi connectivity index (χ0n) is 13.7. The van der Waals surface area contributed by atoms with Crippen LogP contribution in [0.5, 0.6) is 0 Å². The molecule has 3 nitrogen and oxygen atoms in total. The van der Waals surface area contributed by atoms with E-state index in [0.29, 0.717) is 0 Å². The molecule has 1 atom stereocenters. The Morgan fingerprint density at radius 1 is 1.13 bits per heavy atom. The van der Waals surface area contributed by atoms with Crippen LogP contribution in [0.2, 0.25) is 0 Å². The molecule has 1 N–H and O–H groups in total. The van der Waals surface area contributed by atoms with Crippen molar-refractivity contribution in [2.75, 3.05) is 0 Å². The molecule has 0 saturated carbocycles. The molecular formula is C20H24N2O. The molecule has 0 aliphatic carbocycles. The van der Waals surface area contributed by atoms with Gasteiger partial charge in [-0.1, -0.05) is 42.5 Å². The Morgan fingerprint density at radius 2 is 1.91 bits per heavy atom. The molecule has 0 bridgehead atoms. The van der Waals surface area contributed by atoms with Gasteiger partial charge in [0, 0.05) is 12.0 Å². The van der Waals surface area contributed by atoms with Crippen molar-refractivity contribution in [3.8, 4) is 11.3 Å². The largest absolute Gasteiger partial charge is 0.393 e. The van der Waals surface area contributed by atoms with Gasteiger partial charge in [0.1, 0.15) is 0 Å². The van der Waals surface area contributed by atoms with E-state index < -0.39 is 0 Å². The third-order valence-electron chi connectivity index (χ3n) is 3.58. The maximum Gasteiger partial charge on any atom is 0.0929 e. The zero-order valence-corrected chi connectivity index (χ0v) is 13.7. The first-order valence-corrected chi connectivity index (χ1v) is 8.07. The summed E-state index contributed by atoms with van der Waals surface area (Å²) in [7, 11) is 0. The molecule has 0 fully saturated rings. The van der Waals surface area contributed by atoms with Crippen molar-refractivity contribution in [3.05, 3.63) is 66.4 Å². The number of aliphatic hydroxyl groups is 1. The Labute approximate surface area is 138 Å². The quantitative estimate of drug-likeness (QED) is 0.579. The minimum absolute atomic E-state index is 0.207. The van der Waals surface area contributed by atoms with Crippen LogP contribution in [0.1, 0.15) is 37.4 Å². The Morgan fingerprint density at radius 3 is 2.52 bits per heavy atom. The number of hydrogen-bond acceptors (Lipinski definition) is 3. The fraction of sp³-hybridized carbons (Fsp3) is 0.300. The fourth-order valence-corrected chi connectivity index (χ4v) is 2.29. The number of hydrogen-bond donors (Lipinski definition) is 1. The second-order valence-corrected chi connectivity index (χ2v) is 5.71. The van der Waals surface area contributed by atoms with Gasteiger partial charge in [0.15, 0.2) is 0 Å². The van der Waals surface area contributed by atoms with E-state index >= 15 is 0 Å². The molecule has 1 heterocycles. The third kappa shape index (κ3) is 5.80. The summed E-state index contributed by atoms with van der Waals surface area (Å²) in [5, 5.41) is 17.7. The van der Waals surface area contributed by atoms with Crippen molar-refractivity contribution >= 4 is 6.08 Å². The molecule has 2 rings (SSSR count). The zero-order chi connectivity index (χ0) is 16.5. The van der Waals surface area contributed by atoms with Gasteiger partial charge in [0.25, 0.3) is 0 Å². The molecule has 3 heteroatoms. The number of nitrogens with zero attached hydrogens (tertiary/aromatic N) is 2. The molecule has 0 saturated heterocycles. The highest BCUT2D eigenvalue weighted by molar-refractivity contribution is 5.62. The minimum Gasteiger partial charge on any atom is -0.393 e. The lowest BCUT2D eigenvalue weighted by molar-refractivity contribution is 0.182. The first-order chi connectivity index (χ1) is 11.2. The molecule has 0 aliphatic rings. The van der Waals surface area contributed by atoms with Gasteiger partial charge in [0.2, 0.25) is 0 Å². The molecule has 0 amide bonds.